The Hall–Kier alpha value is -0.800. The van der Waals surface area contributed by atoms with E-state index in [1.807, 2.05) is 0 Å². The van der Waals surface area contributed by atoms with Crippen molar-refractivity contribution in [1.82, 2.24) is 9.88 Å². The Morgan fingerprint density at radius 1 is 1.44 bits per heavy atom. The van der Waals surface area contributed by atoms with E-state index in [2.05, 4.69) is 49.1 Å². The predicted molar refractivity (Wildman–Crippen MR) is 67.3 cm³/mol. The summed E-state index contributed by atoms with van der Waals surface area (Å²) in [6, 6.07) is 2.54. The third kappa shape index (κ3) is 3.99. The van der Waals surface area contributed by atoms with Crippen LogP contribution in [0.25, 0.3) is 0 Å². The van der Waals surface area contributed by atoms with Gasteiger partial charge in [-0.2, -0.15) is 0 Å². The van der Waals surface area contributed by atoms with Gasteiger partial charge in [-0.25, -0.2) is 0 Å². The van der Waals surface area contributed by atoms with E-state index < -0.39 is 0 Å². The van der Waals surface area contributed by atoms with Gasteiger partial charge >= 0.3 is 0 Å². The second-order valence-corrected chi connectivity index (χ2v) is 4.59. The molecule has 0 saturated heterocycles. The van der Waals surface area contributed by atoms with E-state index in [0.29, 0.717) is 12.0 Å². The first kappa shape index (κ1) is 13.3. The van der Waals surface area contributed by atoms with Crippen LogP contribution in [0.15, 0.2) is 18.5 Å². The monoisotopic (exact) mass is 224 g/mol. The SMILES string of the molecule is CCn1ccc(CNC(CCO)C(C)C)c1. The van der Waals surface area contributed by atoms with Crippen LogP contribution in [-0.4, -0.2) is 22.3 Å². The van der Waals surface area contributed by atoms with Crippen molar-refractivity contribution in [3.63, 3.8) is 0 Å². The fourth-order valence-corrected chi connectivity index (χ4v) is 1.85. The third-order valence-corrected chi connectivity index (χ3v) is 2.99. The van der Waals surface area contributed by atoms with Crippen LogP contribution in [0.2, 0.25) is 0 Å². The molecule has 1 rings (SSSR count). The zero-order valence-corrected chi connectivity index (χ0v) is 10.6. The van der Waals surface area contributed by atoms with Gasteiger partial charge in [-0.3, -0.25) is 0 Å². The standard InChI is InChI=1S/C13H24N2O/c1-4-15-7-5-12(10-15)9-14-13(6-8-16)11(2)3/h5,7,10-11,13-14,16H,4,6,8-9H2,1-3H3. The van der Waals surface area contributed by atoms with Crippen LogP contribution in [0.3, 0.4) is 0 Å². The quantitative estimate of drug-likeness (QED) is 0.743. The lowest BCUT2D eigenvalue weighted by Gasteiger charge is -2.21. The van der Waals surface area contributed by atoms with Crippen LogP contribution in [0.5, 0.6) is 0 Å². The van der Waals surface area contributed by atoms with Crippen LogP contribution in [0.1, 0.15) is 32.8 Å². The molecule has 0 aliphatic carbocycles. The van der Waals surface area contributed by atoms with Gasteiger partial charge in [-0.15, -0.1) is 0 Å². The molecular weight excluding hydrogens is 200 g/mol. The molecule has 16 heavy (non-hydrogen) atoms. The summed E-state index contributed by atoms with van der Waals surface area (Å²) in [5, 5.41) is 12.5. The van der Waals surface area contributed by atoms with E-state index in [9.17, 15) is 0 Å². The highest BCUT2D eigenvalue weighted by atomic mass is 16.3. The molecule has 1 aromatic rings. The van der Waals surface area contributed by atoms with Crippen molar-refractivity contribution in [3.05, 3.63) is 24.0 Å². The van der Waals surface area contributed by atoms with Crippen molar-refractivity contribution in [1.29, 1.82) is 0 Å². The number of nitrogens with one attached hydrogen (secondary N) is 1. The molecule has 0 fully saturated rings. The molecule has 0 aromatic carbocycles. The summed E-state index contributed by atoms with van der Waals surface area (Å²) in [5.74, 6) is 0.556. The number of aliphatic hydroxyl groups excluding tert-OH is 1. The van der Waals surface area contributed by atoms with Crippen LogP contribution >= 0.6 is 0 Å². The van der Waals surface area contributed by atoms with Gasteiger partial charge in [0.15, 0.2) is 0 Å². The molecule has 0 saturated carbocycles. The lowest BCUT2D eigenvalue weighted by molar-refractivity contribution is 0.244. The molecule has 0 spiro atoms. The third-order valence-electron chi connectivity index (χ3n) is 2.99. The van der Waals surface area contributed by atoms with Crippen molar-refractivity contribution in [3.8, 4) is 0 Å². The highest BCUT2D eigenvalue weighted by molar-refractivity contribution is 5.10. The minimum atomic E-state index is 0.256. The molecule has 0 aliphatic heterocycles. The molecule has 0 amide bonds. The second-order valence-electron chi connectivity index (χ2n) is 4.59. The Balaban J connectivity index is 2.42. The number of aliphatic hydroxyl groups is 1. The van der Waals surface area contributed by atoms with Crippen molar-refractivity contribution in [2.45, 2.75) is 46.3 Å². The Labute approximate surface area is 98.5 Å². The maximum absolute atomic E-state index is 8.98. The van der Waals surface area contributed by atoms with Gasteiger partial charge in [-0.05, 0) is 30.9 Å². The zero-order valence-electron chi connectivity index (χ0n) is 10.6. The summed E-state index contributed by atoms with van der Waals surface area (Å²) < 4.78 is 2.17. The molecule has 2 N–H and O–H groups in total. The Bertz CT molecular complexity index is 294. The van der Waals surface area contributed by atoms with E-state index in [1.165, 1.54) is 5.56 Å². The first-order valence-corrected chi connectivity index (χ1v) is 6.16. The number of rotatable bonds is 7. The number of aromatic nitrogens is 1. The van der Waals surface area contributed by atoms with Gasteiger partial charge in [0.1, 0.15) is 0 Å². The highest BCUT2D eigenvalue weighted by Gasteiger charge is 2.11. The molecule has 0 bridgehead atoms. The minimum absolute atomic E-state index is 0.256. The summed E-state index contributed by atoms with van der Waals surface area (Å²) in [6.07, 6.45) is 5.10. The van der Waals surface area contributed by atoms with Crippen LogP contribution in [0.4, 0.5) is 0 Å². The molecule has 3 heteroatoms. The molecule has 0 radical (unpaired) electrons. The summed E-state index contributed by atoms with van der Waals surface area (Å²) in [7, 11) is 0. The Morgan fingerprint density at radius 3 is 2.69 bits per heavy atom. The van der Waals surface area contributed by atoms with Crippen LogP contribution in [0, 0.1) is 5.92 Å². The minimum Gasteiger partial charge on any atom is -0.396 e. The second kappa shape index (κ2) is 6.71. The van der Waals surface area contributed by atoms with E-state index in [1.54, 1.807) is 0 Å². The van der Waals surface area contributed by atoms with Crippen molar-refractivity contribution in [2.24, 2.45) is 5.92 Å². The number of nitrogens with zero attached hydrogens (tertiary/aromatic N) is 1. The largest absolute Gasteiger partial charge is 0.396 e. The van der Waals surface area contributed by atoms with Gasteiger partial charge < -0.3 is 15.0 Å². The summed E-state index contributed by atoms with van der Waals surface area (Å²) >= 11 is 0. The van der Waals surface area contributed by atoms with Gasteiger partial charge in [0.2, 0.25) is 0 Å². The summed E-state index contributed by atoms with van der Waals surface area (Å²) in [5.41, 5.74) is 1.31. The summed E-state index contributed by atoms with van der Waals surface area (Å²) in [6.45, 7) is 8.67. The smallest absolute Gasteiger partial charge is 0.0445 e. The first-order valence-electron chi connectivity index (χ1n) is 6.16. The molecule has 92 valence electrons. The first-order chi connectivity index (χ1) is 7.67. The maximum atomic E-state index is 8.98. The zero-order chi connectivity index (χ0) is 12.0. The van der Waals surface area contributed by atoms with Crippen LogP contribution < -0.4 is 5.32 Å². The normalized spacial score (nSPS) is 13.3. The van der Waals surface area contributed by atoms with E-state index in [-0.39, 0.29) is 6.61 Å². The molecule has 1 unspecified atom stereocenters. The molecule has 0 aliphatic rings. The molecule has 3 nitrogen and oxygen atoms in total. The van der Waals surface area contributed by atoms with Crippen molar-refractivity contribution < 1.29 is 5.11 Å². The highest BCUT2D eigenvalue weighted by Crippen LogP contribution is 2.08. The molecule has 1 heterocycles. The number of hydrogen-bond donors (Lipinski definition) is 2. The van der Waals surface area contributed by atoms with E-state index in [4.69, 9.17) is 5.11 Å². The Kier molecular flexibility index (Phi) is 5.56. The van der Waals surface area contributed by atoms with E-state index in [0.717, 1.165) is 19.5 Å². The lowest BCUT2D eigenvalue weighted by atomic mass is 10.0. The van der Waals surface area contributed by atoms with E-state index >= 15 is 0 Å². The van der Waals surface area contributed by atoms with Gasteiger partial charge in [0, 0.05) is 38.1 Å². The topological polar surface area (TPSA) is 37.2 Å². The molecular formula is C13H24N2O. The molecule has 1 aromatic heterocycles. The Morgan fingerprint density at radius 2 is 2.19 bits per heavy atom. The van der Waals surface area contributed by atoms with Crippen molar-refractivity contribution >= 4 is 0 Å². The average molecular weight is 224 g/mol. The average Bonchev–Trinajstić information content (AvgIpc) is 2.71. The fourth-order valence-electron chi connectivity index (χ4n) is 1.85. The van der Waals surface area contributed by atoms with Crippen LogP contribution in [-0.2, 0) is 13.1 Å². The number of hydrogen-bond acceptors (Lipinski definition) is 2. The fraction of sp³-hybridized carbons (Fsp3) is 0.692. The van der Waals surface area contributed by atoms with Crippen molar-refractivity contribution in [2.75, 3.05) is 6.61 Å². The lowest BCUT2D eigenvalue weighted by Crippen LogP contribution is -2.34. The van der Waals surface area contributed by atoms with Gasteiger partial charge in [0.25, 0.3) is 0 Å². The maximum Gasteiger partial charge on any atom is 0.0445 e. The van der Waals surface area contributed by atoms with Gasteiger partial charge in [0.05, 0.1) is 0 Å². The van der Waals surface area contributed by atoms with Gasteiger partial charge in [-0.1, -0.05) is 13.8 Å². The number of aryl methyl sites for hydroxylation is 1. The summed E-state index contributed by atoms with van der Waals surface area (Å²) in [4.78, 5) is 0. The molecule has 1 atom stereocenters. The predicted octanol–water partition coefficient (Wildman–Crippen LogP) is 2.00.